The molecule has 0 saturated carbocycles. The lowest BCUT2D eigenvalue weighted by Gasteiger charge is -2.22. The van der Waals surface area contributed by atoms with Gasteiger partial charge in [-0.2, -0.15) is 0 Å². The number of carbonyl (C=O) groups excluding carboxylic acids is 2. The molecule has 126 valence electrons. The summed E-state index contributed by atoms with van der Waals surface area (Å²) in [4.78, 5) is 23.5. The maximum Gasteiger partial charge on any atom is 0.239 e. The van der Waals surface area contributed by atoms with Crippen LogP contribution in [0.1, 0.15) is 31.2 Å². The van der Waals surface area contributed by atoms with Gasteiger partial charge >= 0.3 is 0 Å². The minimum atomic E-state index is -0.129. The Hall–Kier alpha value is -1.88. The monoisotopic (exact) mass is 317 g/mol. The minimum absolute atomic E-state index is 0.0262. The predicted molar refractivity (Wildman–Crippen MR) is 91.0 cm³/mol. The Labute approximate surface area is 138 Å². The zero-order chi connectivity index (χ0) is 16.3. The van der Waals surface area contributed by atoms with Gasteiger partial charge in [-0.25, -0.2) is 0 Å². The van der Waals surface area contributed by atoms with Gasteiger partial charge in [0.2, 0.25) is 11.8 Å². The van der Waals surface area contributed by atoms with Gasteiger partial charge in [-0.1, -0.05) is 30.3 Å². The highest BCUT2D eigenvalue weighted by molar-refractivity contribution is 5.84. The Morgan fingerprint density at radius 1 is 1.04 bits per heavy atom. The summed E-state index contributed by atoms with van der Waals surface area (Å²) >= 11 is 0. The van der Waals surface area contributed by atoms with Crippen molar-refractivity contribution in [1.82, 2.24) is 16.0 Å². The van der Waals surface area contributed by atoms with E-state index in [1.165, 1.54) is 5.56 Å². The van der Waals surface area contributed by atoms with Gasteiger partial charge in [0.15, 0.2) is 0 Å². The van der Waals surface area contributed by atoms with Crippen LogP contribution in [0, 0.1) is 5.92 Å². The molecular formula is C18H27N3O2. The van der Waals surface area contributed by atoms with Crippen LogP contribution in [0.4, 0.5) is 0 Å². The molecule has 1 saturated heterocycles. The molecule has 3 N–H and O–H groups in total. The molecule has 2 rings (SSSR count). The van der Waals surface area contributed by atoms with Crippen LogP contribution in [0.5, 0.6) is 0 Å². The largest absolute Gasteiger partial charge is 0.354 e. The van der Waals surface area contributed by atoms with Crippen molar-refractivity contribution in [2.45, 2.75) is 32.1 Å². The molecular weight excluding hydrogens is 290 g/mol. The van der Waals surface area contributed by atoms with Crippen LogP contribution in [-0.4, -0.2) is 38.0 Å². The maximum absolute atomic E-state index is 11.8. The lowest BCUT2D eigenvalue weighted by molar-refractivity contribution is -0.126. The third-order valence-electron chi connectivity index (χ3n) is 4.26. The Kier molecular flexibility index (Phi) is 7.60. The van der Waals surface area contributed by atoms with Gasteiger partial charge in [-0.15, -0.1) is 0 Å². The van der Waals surface area contributed by atoms with Crippen molar-refractivity contribution in [2.24, 2.45) is 5.92 Å². The average Bonchev–Trinajstić information content (AvgIpc) is 2.60. The van der Waals surface area contributed by atoms with Crippen LogP contribution < -0.4 is 16.0 Å². The van der Waals surface area contributed by atoms with E-state index < -0.39 is 0 Å². The number of nitrogens with one attached hydrogen (secondary N) is 3. The van der Waals surface area contributed by atoms with Crippen molar-refractivity contribution < 1.29 is 9.59 Å². The number of rotatable bonds is 8. The molecule has 1 heterocycles. The first kappa shape index (κ1) is 17.5. The molecule has 1 aliphatic rings. The van der Waals surface area contributed by atoms with Crippen molar-refractivity contribution in [3.05, 3.63) is 35.9 Å². The van der Waals surface area contributed by atoms with Crippen LogP contribution in [-0.2, 0) is 16.0 Å². The highest BCUT2D eigenvalue weighted by atomic mass is 16.2. The highest BCUT2D eigenvalue weighted by Gasteiger charge is 2.14. The maximum atomic E-state index is 11.8. The molecule has 0 bridgehead atoms. The first-order valence-corrected chi connectivity index (χ1v) is 8.52. The van der Waals surface area contributed by atoms with Crippen molar-refractivity contribution in [3.8, 4) is 0 Å². The summed E-state index contributed by atoms with van der Waals surface area (Å²) in [6, 6.07) is 10.0. The average molecular weight is 317 g/mol. The summed E-state index contributed by atoms with van der Waals surface area (Å²) in [5, 5.41) is 8.85. The fraction of sp³-hybridized carbons (Fsp3) is 0.556. The second kappa shape index (κ2) is 10.0. The normalized spacial score (nSPS) is 15.1. The highest BCUT2D eigenvalue weighted by Crippen LogP contribution is 2.17. The van der Waals surface area contributed by atoms with Gasteiger partial charge < -0.3 is 16.0 Å². The molecule has 0 spiro atoms. The third kappa shape index (κ3) is 7.28. The molecule has 0 aliphatic carbocycles. The first-order valence-electron chi connectivity index (χ1n) is 8.52. The quantitative estimate of drug-likeness (QED) is 0.676. The van der Waals surface area contributed by atoms with E-state index in [1.807, 2.05) is 30.3 Å². The standard InChI is InChI=1S/C18H27N3O2/c22-17(7-6-16-8-11-19-12-9-16)21-14-18(23)20-13-10-15-4-2-1-3-5-15/h1-5,16,19H,6-14H2,(H,20,23)(H,21,22). The van der Waals surface area contributed by atoms with E-state index in [1.54, 1.807) is 0 Å². The van der Waals surface area contributed by atoms with Gasteiger partial charge in [0.25, 0.3) is 0 Å². The van der Waals surface area contributed by atoms with E-state index >= 15 is 0 Å². The Morgan fingerprint density at radius 2 is 1.78 bits per heavy atom. The van der Waals surface area contributed by atoms with E-state index in [9.17, 15) is 9.59 Å². The zero-order valence-electron chi connectivity index (χ0n) is 13.6. The lowest BCUT2D eigenvalue weighted by Crippen LogP contribution is -2.38. The zero-order valence-corrected chi connectivity index (χ0v) is 13.6. The summed E-state index contributed by atoms with van der Waals surface area (Å²) in [7, 11) is 0. The van der Waals surface area contributed by atoms with Crippen molar-refractivity contribution in [1.29, 1.82) is 0 Å². The van der Waals surface area contributed by atoms with Gasteiger partial charge in [0.05, 0.1) is 6.54 Å². The number of benzene rings is 1. The van der Waals surface area contributed by atoms with Gasteiger partial charge in [-0.3, -0.25) is 9.59 Å². The summed E-state index contributed by atoms with van der Waals surface area (Å²) in [5.41, 5.74) is 1.19. The van der Waals surface area contributed by atoms with Gasteiger partial charge in [0, 0.05) is 13.0 Å². The lowest BCUT2D eigenvalue weighted by atomic mass is 9.93. The van der Waals surface area contributed by atoms with Crippen LogP contribution in [0.2, 0.25) is 0 Å². The van der Waals surface area contributed by atoms with Crippen LogP contribution in [0.25, 0.3) is 0 Å². The molecule has 5 heteroatoms. The molecule has 0 atom stereocenters. The molecule has 1 aromatic carbocycles. The SMILES string of the molecule is O=C(CCC1CCNCC1)NCC(=O)NCCc1ccccc1. The summed E-state index contributed by atoms with van der Waals surface area (Å²) < 4.78 is 0. The number of hydrogen-bond acceptors (Lipinski definition) is 3. The van der Waals surface area contributed by atoms with E-state index in [0.29, 0.717) is 18.9 Å². The van der Waals surface area contributed by atoms with Crippen molar-refractivity contribution in [2.75, 3.05) is 26.2 Å². The predicted octanol–water partition coefficient (Wildman–Crippen LogP) is 1.24. The van der Waals surface area contributed by atoms with Crippen LogP contribution in [0.15, 0.2) is 30.3 Å². The number of carbonyl (C=O) groups is 2. The first-order chi connectivity index (χ1) is 11.2. The molecule has 1 aromatic rings. The second-order valence-electron chi connectivity index (χ2n) is 6.09. The number of amides is 2. The van der Waals surface area contributed by atoms with Gasteiger partial charge in [0.1, 0.15) is 0 Å². The minimum Gasteiger partial charge on any atom is -0.354 e. The molecule has 1 fully saturated rings. The Morgan fingerprint density at radius 3 is 2.52 bits per heavy atom. The van der Waals surface area contributed by atoms with Crippen molar-refractivity contribution in [3.63, 3.8) is 0 Å². The topological polar surface area (TPSA) is 70.2 Å². The number of piperidine rings is 1. The van der Waals surface area contributed by atoms with Crippen LogP contribution >= 0.6 is 0 Å². The molecule has 1 aliphatic heterocycles. The molecule has 5 nitrogen and oxygen atoms in total. The number of hydrogen-bond donors (Lipinski definition) is 3. The van der Waals surface area contributed by atoms with E-state index in [0.717, 1.165) is 38.8 Å². The molecule has 0 aromatic heterocycles. The van der Waals surface area contributed by atoms with Crippen LogP contribution in [0.3, 0.4) is 0 Å². The molecule has 23 heavy (non-hydrogen) atoms. The summed E-state index contributed by atoms with van der Waals surface area (Å²) in [5.74, 6) is 0.486. The smallest absolute Gasteiger partial charge is 0.239 e. The van der Waals surface area contributed by atoms with Crippen molar-refractivity contribution >= 4 is 11.8 Å². The summed E-state index contributed by atoms with van der Waals surface area (Å²) in [6.07, 6.45) is 4.53. The van der Waals surface area contributed by atoms with E-state index in [2.05, 4.69) is 16.0 Å². The second-order valence-corrected chi connectivity index (χ2v) is 6.09. The summed E-state index contributed by atoms with van der Waals surface area (Å²) in [6.45, 7) is 2.76. The third-order valence-corrected chi connectivity index (χ3v) is 4.26. The van der Waals surface area contributed by atoms with Gasteiger partial charge in [-0.05, 0) is 50.3 Å². The van der Waals surface area contributed by atoms with E-state index in [-0.39, 0.29) is 18.4 Å². The Bertz CT molecular complexity index is 484. The molecule has 2 amide bonds. The Balaban J connectivity index is 1.52. The fourth-order valence-corrected chi connectivity index (χ4v) is 2.83. The molecule has 0 unspecified atom stereocenters. The molecule has 0 radical (unpaired) electrons. The fourth-order valence-electron chi connectivity index (χ4n) is 2.83. The van der Waals surface area contributed by atoms with E-state index in [4.69, 9.17) is 0 Å².